The third kappa shape index (κ3) is 3.59. The number of nitrogens with zero attached hydrogens (tertiary/aromatic N) is 2. The number of esters is 1. The van der Waals surface area contributed by atoms with Crippen LogP contribution in [0.15, 0.2) is 21.5 Å². The van der Waals surface area contributed by atoms with Crippen LogP contribution in [0.2, 0.25) is 0 Å². The number of aromatic hydroxyl groups is 1. The number of fused-ring (bicyclic) bond motifs is 1. The average molecular weight is 399 g/mol. The second-order valence-corrected chi connectivity index (χ2v) is 6.07. The topological polar surface area (TPSA) is 90.7 Å². The normalized spacial score (nSPS) is 12.3. The Morgan fingerprint density at radius 2 is 2.12 bits per heavy atom. The summed E-state index contributed by atoms with van der Waals surface area (Å²) in [5.41, 5.74) is -0.770. The van der Waals surface area contributed by atoms with Gasteiger partial charge in [-0.1, -0.05) is 0 Å². The summed E-state index contributed by atoms with van der Waals surface area (Å²) in [4.78, 5) is 29.1. The molecule has 2 aromatic heterocycles. The Kier molecular flexibility index (Phi) is 5.95. The SMILES string of the molecule is CCOC(=O)c1c(O)c2cc(Br)cnc2n(CC(C)OCC)c1=O. The molecule has 0 bridgehead atoms. The van der Waals surface area contributed by atoms with E-state index in [1.54, 1.807) is 13.0 Å². The highest BCUT2D eigenvalue weighted by Gasteiger charge is 2.24. The van der Waals surface area contributed by atoms with Gasteiger partial charge in [-0.3, -0.25) is 9.36 Å². The molecule has 0 aliphatic rings. The molecular weight excluding hydrogens is 380 g/mol. The predicted molar refractivity (Wildman–Crippen MR) is 92.4 cm³/mol. The number of hydrogen-bond donors (Lipinski definition) is 1. The summed E-state index contributed by atoms with van der Waals surface area (Å²) in [6, 6.07) is 1.60. The van der Waals surface area contributed by atoms with Crippen molar-refractivity contribution in [3.8, 4) is 5.75 Å². The number of hydrogen-bond acceptors (Lipinski definition) is 6. The van der Waals surface area contributed by atoms with E-state index >= 15 is 0 Å². The van der Waals surface area contributed by atoms with Gasteiger partial charge in [-0.15, -0.1) is 0 Å². The van der Waals surface area contributed by atoms with Crippen LogP contribution in [0.1, 0.15) is 31.1 Å². The molecule has 24 heavy (non-hydrogen) atoms. The van der Waals surface area contributed by atoms with Gasteiger partial charge in [-0.05, 0) is 42.8 Å². The number of pyridine rings is 2. The van der Waals surface area contributed by atoms with E-state index in [0.29, 0.717) is 11.1 Å². The monoisotopic (exact) mass is 398 g/mol. The lowest BCUT2D eigenvalue weighted by atomic mass is 10.1. The molecular formula is C16H19BrN2O5. The Bertz CT molecular complexity index is 818. The van der Waals surface area contributed by atoms with Crippen molar-refractivity contribution in [1.29, 1.82) is 0 Å². The highest BCUT2D eigenvalue weighted by Crippen LogP contribution is 2.28. The molecule has 1 unspecified atom stereocenters. The number of halogens is 1. The molecule has 8 heteroatoms. The summed E-state index contributed by atoms with van der Waals surface area (Å²) in [7, 11) is 0. The maximum absolute atomic E-state index is 12.7. The largest absolute Gasteiger partial charge is 0.506 e. The van der Waals surface area contributed by atoms with Crippen LogP contribution in [0.3, 0.4) is 0 Å². The number of carbonyl (C=O) groups is 1. The molecule has 2 heterocycles. The van der Waals surface area contributed by atoms with E-state index in [0.717, 1.165) is 0 Å². The standard InChI is InChI=1S/C16H19BrN2O5/c1-4-23-9(3)8-19-14-11(6-10(17)7-18-14)13(20)12(15(19)21)16(22)24-5-2/h6-7,9,20H,4-5,8H2,1-3H3. The zero-order valence-corrected chi connectivity index (χ0v) is 15.3. The van der Waals surface area contributed by atoms with Crippen LogP contribution in [0.5, 0.6) is 5.75 Å². The van der Waals surface area contributed by atoms with Gasteiger partial charge in [0, 0.05) is 17.3 Å². The Morgan fingerprint density at radius 1 is 1.42 bits per heavy atom. The van der Waals surface area contributed by atoms with Gasteiger partial charge < -0.3 is 14.6 Å². The van der Waals surface area contributed by atoms with Crippen molar-refractivity contribution < 1.29 is 19.4 Å². The smallest absolute Gasteiger partial charge is 0.347 e. The van der Waals surface area contributed by atoms with Gasteiger partial charge in [-0.2, -0.15) is 0 Å². The summed E-state index contributed by atoms with van der Waals surface area (Å²) < 4.78 is 12.3. The molecule has 2 aromatic rings. The fourth-order valence-corrected chi connectivity index (χ4v) is 2.77. The molecule has 0 aliphatic heterocycles. The molecule has 0 saturated carbocycles. The second kappa shape index (κ2) is 7.76. The third-order valence-corrected chi connectivity index (χ3v) is 3.84. The van der Waals surface area contributed by atoms with Gasteiger partial charge in [0.15, 0.2) is 5.56 Å². The molecule has 1 atom stereocenters. The molecule has 130 valence electrons. The molecule has 0 saturated heterocycles. The molecule has 7 nitrogen and oxygen atoms in total. The quantitative estimate of drug-likeness (QED) is 0.751. The summed E-state index contributed by atoms with van der Waals surface area (Å²) in [6.07, 6.45) is 1.26. The third-order valence-electron chi connectivity index (χ3n) is 3.41. The molecule has 0 radical (unpaired) electrons. The van der Waals surface area contributed by atoms with E-state index in [4.69, 9.17) is 9.47 Å². The van der Waals surface area contributed by atoms with Gasteiger partial charge in [0.1, 0.15) is 11.4 Å². The average Bonchev–Trinajstić information content (AvgIpc) is 2.52. The van der Waals surface area contributed by atoms with Crippen molar-refractivity contribution in [2.24, 2.45) is 0 Å². The molecule has 2 rings (SSSR count). The van der Waals surface area contributed by atoms with E-state index in [1.807, 2.05) is 13.8 Å². The molecule has 0 fully saturated rings. The molecule has 0 spiro atoms. The summed E-state index contributed by atoms with van der Waals surface area (Å²) in [6.45, 7) is 6.09. The van der Waals surface area contributed by atoms with Crippen LogP contribution in [0.25, 0.3) is 11.0 Å². The van der Waals surface area contributed by atoms with Gasteiger partial charge in [-0.25, -0.2) is 9.78 Å². The first-order valence-corrected chi connectivity index (χ1v) is 8.39. The minimum atomic E-state index is -0.861. The Labute approximate surface area is 147 Å². The summed E-state index contributed by atoms with van der Waals surface area (Å²) >= 11 is 3.28. The fraction of sp³-hybridized carbons (Fsp3) is 0.438. The Morgan fingerprint density at radius 3 is 2.75 bits per heavy atom. The first kappa shape index (κ1) is 18.4. The van der Waals surface area contributed by atoms with Crippen molar-refractivity contribution in [2.45, 2.75) is 33.4 Å². The molecule has 0 amide bonds. The summed E-state index contributed by atoms with van der Waals surface area (Å²) in [5.74, 6) is -1.29. The first-order chi connectivity index (χ1) is 11.4. The number of ether oxygens (including phenoxy) is 2. The van der Waals surface area contributed by atoms with E-state index in [1.165, 1.54) is 10.8 Å². The van der Waals surface area contributed by atoms with Crippen LogP contribution in [-0.2, 0) is 16.0 Å². The minimum absolute atomic E-state index is 0.0990. The lowest BCUT2D eigenvalue weighted by Gasteiger charge is -2.17. The molecule has 1 N–H and O–H groups in total. The lowest BCUT2D eigenvalue weighted by Crippen LogP contribution is -2.32. The van der Waals surface area contributed by atoms with E-state index in [9.17, 15) is 14.7 Å². The van der Waals surface area contributed by atoms with Crippen molar-refractivity contribution in [3.63, 3.8) is 0 Å². The maximum atomic E-state index is 12.7. The van der Waals surface area contributed by atoms with E-state index < -0.39 is 22.8 Å². The van der Waals surface area contributed by atoms with Crippen molar-refractivity contribution >= 4 is 32.9 Å². The van der Waals surface area contributed by atoms with Crippen LogP contribution in [0, 0.1) is 0 Å². The minimum Gasteiger partial charge on any atom is -0.506 e. The number of aromatic nitrogens is 2. The maximum Gasteiger partial charge on any atom is 0.347 e. The highest BCUT2D eigenvalue weighted by atomic mass is 79.9. The fourth-order valence-electron chi connectivity index (χ4n) is 2.44. The van der Waals surface area contributed by atoms with Crippen LogP contribution < -0.4 is 5.56 Å². The van der Waals surface area contributed by atoms with Gasteiger partial charge in [0.2, 0.25) is 0 Å². The van der Waals surface area contributed by atoms with E-state index in [-0.39, 0.29) is 30.3 Å². The van der Waals surface area contributed by atoms with Crippen molar-refractivity contribution in [3.05, 3.63) is 32.7 Å². The van der Waals surface area contributed by atoms with Crippen molar-refractivity contribution in [2.75, 3.05) is 13.2 Å². The first-order valence-electron chi connectivity index (χ1n) is 7.60. The van der Waals surface area contributed by atoms with Crippen LogP contribution >= 0.6 is 15.9 Å². The zero-order valence-electron chi connectivity index (χ0n) is 13.7. The zero-order chi connectivity index (χ0) is 17.9. The summed E-state index contributed by atoms with van der Waals surface area (Å²) in [5, 5.41) is 10.7. The van der Waals surface area contributed by atoms with Gasteiger partial charge in [0.25, 0.3) is 5.56 Å². The highest BCUT2D eigenvalue weighted by molar-refractivity contribution is 9.10. The Hall–Kier alpha value is -1.93. The number of carbonyl (C=O) groups excluding carboxylic acids is 1. The number of rotatable bonds is 6. The predicted octanol–water partition coefficient (Wildman–Crippen LogP) is 2.47. The van der Waals surface area contributed by atoms with Crippen molar-refractivity contribution in [1.82, 2.24) is 9.55 Å². The van der Waals surface area contributed by atoms with Crippen LogP contribution in [-0.4, -0.2) is 39.9 Å². The lowest BCUT2D eigenvalue weighted by molar-refractivity contribution is 0.0514. The molecule has 0 aliphatic carbocycles. The van der Waals surface area contributed by atoms with Gasteiger partial charge in [0.05, 0.1) is 24.6 Å². The molecule has 0 aromatic carbocycles. The Balaban J connectivity index is 2.74. The second-order valence-electron chi connectivity index (χ2n) is 5.15. The van der Waals surface area contributed by atoms with Crippen LogP contribution in [0.4, 0.5) is 0 Å². The van der Waals surface area contributed by atoms with Gasteiger partial charge >= 0.3 is 5.97 Å². The van der Waals surface area contributed by atoms with E-state index in [2.05, 4.69) is 20.9 Å².